The highest BCUT2D eigenvalue weighted by Gasteiger charge is 2.66. The van der Waals surface area contributed by atoms with Crippen molar-refractivity contribution in [1.82, 2.24) is 0 Å². The van der Waals surface area contributed by atoms with Crippen LogP contribution in [-0.4, -0.2) is 0 Å². The predicted octanol–water partition coefficient (Wildman–Crippen LogP) is 4.42. The van der Waals surface area contributed by atoms with E-state index in [0.717, 1.165) is 40.9 Å². The van der Waals surface area contributed by atoms with E-state index < -0.39 is 0 Å². The molecule has 6 unspecified atom stereocenters. The molecule has 4 bridgehead atoms. The topological polar surface area (TPSA) is 0 Å². The van der Waals surface area contributed by atoms with Crippen LogP contribution >= 0.6 is 0 Å². The van der Waals surface area contributed by atoms with Gasteiger partial charge in [-0.25, -0.2) is 0 Å². The van der Waals surface area contributed by atoms with Gasteiger partial charge in [-0.2, -0.15) is 0 Å². The van der Waals surface area contributed by atoms with Crippen LogP contribution in [0.15, 0.2) is 12.2 Å². The largest absolute Gasteiger partial charge is 0.0848 e. The summed E-state index contributed by atoms with van der Waals surface area (Å²) in [5.41, 5.74) is 0.843. The predicted molar refractivity (Wildman–Crippen MR) is 69.4 cm³/mol. The van der Waals surface area contributed by atoms with Gasteiger partial charge in [0.05, 0.1) is 0 Å². The van der Waals surface area contributed by atoms with E-state index in [1.807, 2.05) is 0 Å². The Labute approximate surface area is 105 Å². The molecule has 17 heavy (non-hydrogen) atoms. The molecule has 5 rings (SSSR count). The monoisotopic (exact) mass is 228 g/mol. The van der Waals surface area contributed by atoms with Crippen molar-refractivity contribution in [3.05, 3.63) is 12.2 Å². The van der Waals surface area contributed by atoms with Gasteiger partial charge < -0.3 is 0 Å². The lowest BCUT2D eigenvalue weighted by Gasteiger charge is -2.44. The van der Waals surface area contributed by atoms with Crippen LogP contribution in [-0.2, 0) is 0 Å². The summed E-state index contributed by atoms with van der Waals surface area (Å²) in [5, 5.41) is 0. The van der Waals surface area contributed by atoms with E-state index >= 15 is 0 Å². The molecule has 0 spiro atoms. The first-order valence-electron chi connectivity index (χ1n) is 8.07. The second-order valence-electron chi connectivity index (χ2n) is 7.77. The first-order chi connectivity index (χ1) is 8.38. The lowest BCUT2D eigenvalue weighted by molar-refractivity contribution is 0.0544. The maximum Gasteiger partial charge on any atom is -0.0191 e. The molecule has 0 aliphatic heterocycles. The van der Waals surface area contributed by atoms with E-state index in [1.165, 1.54) is 0 Å². The molecule has 4 saturated carbocycles. The Morgan fingerprint density at radius 1 is 0.941 bits per heavy atom. The molecule has 0 amide bonds. The van der Waals surface area contributed by atoms with Gasteiger partial charge in [-0.15, -0.1) is 0 Å². The van der Waals surface area contributed by atoms with Gasteiger partial charge >= 0.3 is 0 Å². The van der Waals surface area contributed by atoms with Crippen LogP contribution in [0.4, 0.5) is 0 Å². The zero-order valence-electron chi connectivity index (χ0n) is 10.8. The minimum atomic E-state index is 0.843. The number of fused-ring (bicyclic) bond motifs is 9. The molecule has 4 fully saturated rings. The Bertz CT molecular complexity index is 375. The third-order valence-corrected chi connectivity index (χ3v) is 7.52. The molecule has 0 saturated heterocycles. The van der Waals surface area contributed by atoms with Crippen LogP contribution < -0.4 is 0 Å². The number of hydrogen-bond acceptors (Lipinski definition) is 0. The number of rotatable bonds is 1. The summed E-state index contributed by atoms with van der Waals surface area (Å²) < 4.78 is 0. The molecular formula is C17H24. The lowest BCUT2D eigenvalue weighted by Crippen LogP contribution is -2.38. The van der Waals surface area contributed by atoms with Crippen LogP contribution in [0.1, 0.15) is 51.4 Å². The third kappa shape index (κ3) is 0.992. The average Bonchev–Trinajstić information content (AvgIpc) is 3.14. The van der Waals surface area contributed by atoms with E-state index in [2.05, 4.69) is 12.2 Å². The molecule has 0 aromatic heterocycles. The third-order valence-electron chi connectivity index (χ3n) is 7.52. The SMILES string of the molecule is C1=CC2CC1C1C3CCC(C4CCCC4)(C3)C21. The van der Waals surface area contributed by atoms with Crippen LogP contribution in [0.2, 0.25) is 0 Å². The Morgan fingerprint density at radius 2 is 1.76 bits per heavy atom. The first kappa shape index (κ1) is 9.64. The van der Waals surface area contributed by atoms with Crippen molar-refractivity contribution >= 4 is 0 Å². The maximum absolute atomic E-state index is 2.61. The second-order valence-corrected chi connectivity index (χ2v) is 7.77. The van der Waals surface area contributed by atoms with Crippen molar-refractivity contribution < 1.29 is 0 Å². The molecule has 0 radical (unpaired) electrons. The summed E-state index contributed by atoms with van der Waals surface area (Å²) in [6.45, 7) is 0. The second kappa shape index (κ2) is 3.00. The van der Waals surface area contributed by atoms with Gasteiger partial charge in [0.25, 0.3) is 0 Å². The van der Waals surface area contributed by atoms with Crippen LogP contribution in [0.3, 0.4) is 0 Å². The summed E-state index contributed by atoms with van der Waals surface area (Å²) in [5.74, 6) is 6.57. The van der Waals surface area contributed by atoms with E-state index in [9.17, 15) is 0 Å². The Balaban J connectivity index is 1.59. The maximum atomic E-state index is 2.61. The Kier molecular flexibility index (Phi) is 1.70. The molecule has 6 atom stereocenters. The molecule has 0 N–H and O–H groups in total. The highest BCUT2D eigenvalue weighted by molar-refractivity contribution is 5.24. The highest BCUT2D eigenvalue weighted by atomic mass is 14.7. The van der Waals surface area contributed by atoms with E-state index in [1.54, 1.807) is 51.4 Å². The minimum Gasteiger partial charge on any atom is -0.0848 e. The molecule has 5 aliphatic rings. The van der Waals surface area contributed by atoms with E-state index in [4.69, 9.17) is 0 Å². The van der Waals surface area contributed by atoms with Crippen molar-refractivity contribution in [2.45, 2.75) is 51.4 Å². The van der Waals surface area contributed by atoms with Gasteiger partial charge in [0.15, 0.2) is 0 Å². The minimum absolute atomic E-state index is 0.843. The van der Waals surface area contributed by atoms with Gasteiger partial charge in [-0.1, -0.05) is 25.0 Å². The van der Waals surface area contributed by atoms with Crippen molar-refractivity contribution in [2.75, 3.05) is 0 Å². The molecule has 0 nitrogen and oxygen atoms in total. The number of hydrogen-bond donors (Lipinski definition) is 0. The standard InChI is InChI=1S/C17H24/c1-2-4-14(3-1)17-8-7-13(10-17)15-11-5-6-12(9-11)16(15)17/h5-6,11-16H,1-4,7-10H2. The number of allylic oxidation sites excluding steroid dienone is 2. The van der Waals surface area contributed by atoms with Crippen LogP contribution in [0.25, 0.3) is 0 Å². The summed E-state index contributed by atoms with van der Waals surface area (Å²) in [4.78, 5) is 0. The normalized spacial score (nSPS) is 59.4. The molecule has 0 aromatic carbocycles. The fraction of sp³-hybridized carbons (Fsp3) is 0.882. The fourth-order valence-electron chi connectivity index (χ4n) is 7.23. The summed E-state index contributed by atoms with van der Waals surface area (Å²) in [6.07, 6.45) is 17.8. The van der Waals surface area contributed by atoms with Crippen molar-refractivity contribution in [1.29, 1.82) is 0 Å². The van der Waals surface area contributed by atoms with Gasteiger partial charge in [0.2, 0.25) is 0 Å². The van der Waals surface area contributed by atoms with Crippen molar-refractivity contribution in [2.24, 2.45) is 40.9 Å². The van der Waals surface area contributed by atoms with E-state index in [0.29, 0.717) is 0 Å². The van der Waals surface area contributed by atoms with Gasteiger partial charge in [-0.05, 0) is 79.4 Å². The van der Waals surface area contributed by atoms with Gasteiger partial charge in [0.1, 0.15) is 0 Å². The molecular weight excluding hydrogens is 204 g/mol. The summed E-state index contributed by atoms with van der Waals surface area (Å²) in [7, 11) is 0. The quantitative estimate of drug-likeness (QED) is 0.460. The molecule has 0 aromatic rings. The zero-order valence-corrected chi connectivity index (χ0v) is 10.8. The average molecular weight is 228 g/mol. The Morgan fingerprint density at radius 3 is 2.65 bits per heavy atom. The van der Waals surface area contributed by atoms with Crippen LogP contribution in [0, 0.1) is 40.9 Å². The first-order valence-corrected chi connectivity index (χ1v) is 8.07. The fourth-order valence-corrected chi connectivity index (χ4v) is 7.23. The summed E-state index contributed by atoms with van der Waals surface area (Å²) in [6, 6.07) is 0. The van der Waals surface area contributed by atoms with Crippen molar-refractivity contribution in [3.8, 4) is 0 Å². The molecule has 92 valence electrons. The van der Waals surface area contributed by atoms with E-state index in [-0.39, 0.29) is 0 Å². The zero-order chi connectivity index (χ0) is 11.0. The highest BCUT2D eigenvalue weighted by Crippen LogP contribution is 2.74. The molecule has 0 heteroatoms. The molecule has 0 heterocycles. The van der Waals surface area contributed by atoms with Crippen LogP contribution in [0.5, 0.6) is 0 Å². The smallest absolute Gasteiger partial charge is 0.0191 e. The van der Waals surface area contributed by atoms with Crippen molar-refractivity contribution in [3.63, 3.8) is 0 Å². The lowest BCUT2D eigenvalue weighted by atomic mass is 9.60. The van der Waals surface area contributed by atoms with Gasteiger partial charge in [0, 0.05) is 0 Å². The summed E-state index contributed by atoms with van der Waals surface area (Å²) >= 11 is 0. The molecule has 5 aliphatic carbocycles. The Hall–Kier alpha value is -0.260. The van der Waals surface area contributed by atoms with Gasteiger partial charge in [-0.3, -0.25) is 0 Å².